The molecule has 0 bridgehead atoms. The smallest absolute Gasteiger partial charge is 0.344 e. The van der Waals surface area contributed by atoms with Gasteiger partial charge in [-0.1, -0.05) is 18.2 Å². The quantitative estimate of drug-likeness (QED) is 0.815. The molecule has 1 unspecified atom stereocenters. The molecule has 4 nitrogen and oxygen atoms in total. The minimum Gasteiger partial charge on any atom is -0.489 e. The van der Waals surface area contributed by atoms with Gasteiger partial charge in [0.05, 0.1) is 0 Å². The van der Waals surface area contributed by atoms with Gasteiger partial charge in [0.2, 0.25) is 5.60 Å². The van der Waals surface area contributed by atoms with Crippen LogP contribution in [-0.2, 0) is 15.1 Å². The maximum absolute atomic E-state index is 11.3. The van der Waals surface area contributed by atoms with Gasteiger partial charge in [0, 0.05) is 12.2 Å². The first-order valence-electron chi connectivity index (χ1n) is 4.80. The number of para-hydroxylation sites is 1. The summed E-state index contributed by atoms with van der Waals surface area (Å²) in [4.78, 5) is 11.3. The second-order valence-electron chi connectivity index (χ2n) is 3.35. The Bertz CT molecular complexity index is 384. The van der Waals surface area contributed by atoms with Crippen molar-refractivity contribution < 1.29 is 19.4 Å². The van der Waals surface area contributed by atoms with E-state index in [1.54, 1.807) is 25.1 Å². The highest BCUT2D eigenvalue weighted by molar-refractivity contribution is 5.82. The van der Waals surface area contributed by atoms with E-state index >= 15 is 0 Å². The first-order valence-corrected chi connectivity index (χ1v) is 4.80. The van der Waals surface area contributed by atoms with Crippen LogP contribution >= 0.6 is 0 Å². The molecule has 2 rings (SSSR count). The normalized spacial score (nSPS) is 23.3. The number of hydrogen-bond donors (Lipinski definition) is 1. The van der Waals surface area contributed by atoms with E-state index in [4.69, 9.17) is 9.47 Å². The predicted octanol–water partition coefficient (Wildman–Crippen LogP) is 1.40. The number of fused-ring (bicyclic) bond motifs is 1. The summed E-state index contributed by atoms with van der Waals surface area (Å²) < 4.78 is 10.7. The number of aliphatic carboxylic acids is 1. The molecule has 0 radical (unpaired) electrons. The van der Waals surface area contributed by atoms with Crippen LogP contribution in [-0.4, -0.2) is 24.3 Å². The molecule has 15 heavy (non-hydrogen) atoms. The molecular weight excluding hydrogens is 196 g/mol. The van der Waals surface area contributed by atoms with Crippen LogP contribution in [0.4, 0.5) is 0 Å². The summed E-state index contributed by atoms with van der Waals surface area (Å²) in [6.45, 7) is 2.14. The molecule has 0 spiro atoms. The molecule has 0 aliphatic carbocycles. The van der Waals surface area contributed by atoms with E-state index in [0.29, 0.717) is 17.9 Å². The summed E-state index contributed by atoms with van der Waals surface area (Å²) in [5, 5.41) is 9.24. The number of carbonyl (C=O) groups is 1. The molecule has 80 valence electrons. The Balaban J connectivity index is 2.49. The van der Waals surface area contributed by atoms with Crippen molar-refractivity contribution >= 4 is 5.97 Å². The third-order valence-corrected chi connectivity index (χ3v) is 2.49. The van der Waals surface area contributed by atoms with Gasteiger partial charge in [0.15, 0.2) is 0 Å². The van der Waals surface area contributed by atoms with Crippen molar-refractivity contribution in [2.24, 2.45) is 0 Å². The molecule has 0 saturated carbocycles. The fraction of sp³-hybridized carbons (Fsp3) is 0.364. The van der Waals surface area contributed by atoms with Crippen LogP contribution in [0, 0.1) is 0 Å². The third kappa shape index (κ3) is 1.37. The SMILES string of the molecule is CCOC1(C(=O)O)COc2ccccc21. The average molecular weight is 208 g/mol. The summed E-state index contributed by atoms with van der Waals surface area (Å²) >= 11 is 0. The van der Waals surface area contributed by atoms with Crippen molar-refractivity contribution in [1.82, 2.24) is 0 Å². The van der Waals surface area contributed by atoms with E-state index in [9.17, 15) is 9.90 Å². The van der Waals surface area contributed by atoms with Crippen LogP contribution in [0.25, 0.3) is 0 Å². The topological polar surface area (TPSA) is 55.8 Å². The Morgan fingerprint density at radius 3 is 3.00 bits per heavy atom. The summed E-state index contributed by atoms with van der Waals surface area (Å²) in [5.41, 5.74) is -0.731. The lowest BCUT2D eigenvalue weighted by Crippen LogP contribution is -2.40. The largest absolute Gasteiger partial charge is 0.489 e. The summed E-state index contributed by atoms with van der Waals surface area (Å²) in [7, 11) is 0. The maximum atomic E-state index is 11.3. The molecule has 0 fully saturated rings. The van der Waals surface area contributed by atoms with Gasteiger partial charge >= 0.3 is 5.97 Å². The molecule has 1 aliphatic heterocycles. The summed E-state index contributed by atoms with van der Waals surface area (Å²) in [6, 6.07) is 7.07. The fourth-order valence-electron chi connectivity index (χ4n) is 1.79. The van der Waals surface area contributed by atoms with Crippen LogP contribution in [0.15, 0.2) is 24.3 Å². The van der Waals surface area contributed by atoms with Crippen molar-refractivity contribution in [3.05, 3.63) is 29.8 Å². The predicted molar refractivity (Wildman–Crippen MR) is 52.9 cm³/mol. The molecule has 0 amide bonds. The lowest BCUT2D eigenvalue weighted by atomic mass is 9.96. The monoisotopic (exact) mass is 208 g/mol. The second-order valence-corrected chi connectivity index (χ2v) is 3.35. The van der Waals surface area contributed by atoms with Crippen LogP contribution in [0.1, 0.15) is 12.5 Å². The molecule has 1 aliphatic rings. The second kappa shape index (κ2) is 3.55. The van der Waals surface area contributed by atoms with Gasteiger partial charge in [0.1, 0.15) is 12.4 Å². The molecular formula is C11H12O4. The van der Waals surface area contributed by atoms with Gasteiger partial charge < -0.3 is 14.6 Å². The Labute approximate surface area is 87.4 Å². The lowest BCUT2D eigenvalue weighted by Gasteiger charge is -2.22. The van der Waals surface area contributed by atoms with Crippen molar-refractivity contribution in [3.63, 3.8) is 0 Å². The number of ether oxygens (including phenoxy) is 2. The van der Waals surface area contributed by atoms with Gasteiger partial charge in [-0.2, -0.15) is 0 Å². The van der Waals surface area contributed by atoms with Gasteiger partial charge in [-0.15, -0.1) is 0 Å². The number of hydrogen-bond acceptors (Lipinski definition) is 3. The highest BCUT2D eigenvalue weighted by Gasteiger charge is 2.48. The first kappa shape index (κ1) is 9.98. The summed E-state index contributed by atoms with van der Waals surface area (Å²) in [6.07, 6.45) is 0. The first-order chi connectivity index (χ1) is 7.20. The zero-order valence-corrected chi connectivity index (χ0v) is 8.40. The van der Waals surface area contributed by atoms with E-state index in [2.05, 4.69) is 0 Å². The molecule has 1 heterocycles. The molecule has 1 atom stereocenters. The van der Waals surface area contributed by atoms with Gasteiger partial charge in [-0.3, -0.25) is 0 Å². The van der Waals surface area contributed by atoms with Crippen molar-refractivity contribution in [2.45, 2.75) is 12.5 Å². The van der Waals surface area contributed by atoms with Crippen LogP contribution in [0.5, 0.6) is 5.75 Å². The summed E-state index contributed by atoms with van der Waals surface area (Å²) in [5.74, 6) is -0.414. The van der Waals surface area contributed by atoms with Gasteiger partial charge in [-0.05, 0) is 13.0 Å². The number of carboxylic acid groups (broad SMARTS) is 1. The zero-order valence-electron chi connectivity index (χ0n) is 8.40. The van der Waals surface area contributed by atoms with E-state index in [-0.39, 0.29) is 6.61 Å². The van der Waals surface area contributed by atoms with Crippen LogP contribution in [0.2, 0.25) is 0 Å². The van der Waals surface area contributed by atoms with Gasteiger partial charge in [-0.25, -0.2) is 4.79 Å². The van der Waals surface area contributed by atoms with Crippen molar-refractivity contribution in [1.29, 1.82) is 0 Å². The standard InChI is InChI=1S/C11H12O4/c1-2-15-11(10(12)13)7-14-9-6-4-3-5-8(9)11/h3-6H,2,7H2,1H3,(H,12,13). The maximum Gasteiger partial charge on any atom is 0.344 e. The van der Waals surface area contributed by atoms with Crippen LogP contribution in [0.3, 0.4) is 0 Å². The van der Waals surface area contributed by atoms with Crippen molar-refractivity contribution in [3.8, 4) is 5.75 Å². The highest BCUT2D eigenvalue weighted by Crippen LogP contribution is 2.39. The zero-order chi connectivity index (χ0) is 10.9. The Morgan fingerprint density at radius 2 is 2.33 bits per heavy atom. The third-order valence-electron chi connectivity index (χ3n) is 2.49. The van der Waals surface area contributed by atoms with E-state index in [1.165, 1.54) is 0 Å². The Morgan fingerprint density at radius 1 is 1.60 bits per heavy atom. The Hall–Kier alpha value is -1.55. The number of benzene rings is 1. The van der Waals surface area contributed by atoms with Crippen LogP contribution < -0.4 is 4.74 Å². The fourth-order valence-corrected chi connectivity index (χ4v) is 1.79. The molecule has 1 aromatic rings. The highest BCUT2D eigenvalue weighted by atomic mass is 16.6. The number of rotatable bonds is 3. The van der Waals surface area contributed by atoms with E-state index in [1.807, 2.05) is 6.07 Å². The van der Waals surface area contributed by atoms with Crippen molar-refractivity contribution in [2.75, 3.05) is 13.2 Å². The minimum atomic E-state index is -1.33. The molecule has 1 aromatic carbocycles. The minimum absolute atomic E-state index is 0.0372. The molecule has 1 N–H and O–H groups in total. The number of carboxylic acids is 1. The average Bonchev–Trinajstić information content (AvgIpc) is 2.60. The molecule has 4 heteroatoms. The van der Waals surface area contributed by atoms with E-state index in [0.717, 1.165) is 0 Å². The van der Waals surface area contributed by atoms with Gasteiger partial charge in [0.25, 0.3) is 0 Å². The molecule has 0 aromatic heterocycles. The molecule has 0 saturated heterocycles. The lowest BCUT2D eigenvalue weighted by molar-refractivity contribution is -0.168. The van der Waals surface area contributed by atoms with E-state index < -0.39 is 11.6 Å². The Kier molecular flexibility index (Phi) is 2.36.